The van der Waals surface area contributed by atoms with Crippen molar-refractivity contribution in [1.82, 2.24) is 0 Å². The van der Waals surface area contributed by atoms with E-state index in [4.69, 9.17) is 9.47 Å². The Bertz CT molecular complexity index is 235. The van der Waals surface area contributed by atoms with Crippen LogP contribution in [0, 0.1) is 11.8 Å². The Kier molecular flexibility index (Phi) is 3.99. The second kappa shape index (κ2) is 4.69. The van der Waals surface area contributed by atoms with Gasteiger partial charge in [-0.1, -0.05) is 36.9 Å². The van der Waals surface area contributed by atoms with Crippen LogP contribution in [-0.4, -0.2) is 18.6 Å². The SMILES string of the molecule is CC(C)C1=C(C(C)C)OCC(F)(P)CO1. The molecule has 0 N–H and O–H groups in total. The van der Waals surface area contributed by atoms with Gasteiger partial charge in [-0.3, -0.25) is 0 Å². The largest absolute Gasteiger partial charge is 0.490 e. The van der Waals surface area contributed by atoms with Crippen molar-refractivity contribution in [1.29, 1.82) is 0 Å². The quantitative estimate of drug-likeness (QED) is 0.683. The highest BCUT2D eigenvalue weighted by atomic mass is 31.0. The number of rotatable bonds is 2. The van der Waals surface area contributed by atoms with Gasteiger partial charge in [0, 0.05) is 11.8 Å². The van der Waals surface area contributed by atoms with Crippen LogP contribution in [0.3, 0.4) is 0 Å². The van der Waals surface area contributed by atoms with Gasteiger partial charge in [-0.05, 0) is 0 Å². The lowest BCUT2D eigenvalue weighted by Crippen LogP contribution is -2.25. The molecule has 0 aromatic heterocycles. The average Bonchev–Trinajstić information content (AvgIpc) is 2.23. The topological polar surface area (TPSA) is 18.5 Å². The van der Waals surface area contributed by atoms with Crippen molar-refractivity contribution in [2.75, 3.05) is 13.2 Å². The first kappa shape index (κ1) is 12.8. The minimum Gasteiger partial charge on any atom is -0.490 e. The first-order chi connectivity index (χ1) is 6.83. The second-order valence-corrected chi connectivity index (χ2v) is 5.68. The smallest absolute Gasteiger partial charge is 0.190 e. The molecule has 1 unspecified atom stereocenters. The van der Waals surface area contributed by atoms with Gasteiger partial charge >= 0.3 is 0 Å². The second-order valence-electron chi connectivity index (χ2n) is 4.65. The van der Waals surface area contributed by atoms with E-state index in [-0.39, 0.29) is 25.0 Å². The van der Waals surface area contributed by atoms with E-state index >= 15 is 0 Å². The van der Waals surface area contributed by atoms with Crippen LogP contribution in [-0.2, 0) is 9.47 Å². The van der Waals surface area contributed by atoms with Crippen LogP contribution in [0.15, 0.2) is 11.5 Å². The minimum atomic E-state index is -1.48. The van der Waals surface area contributed by atoms with E-state index in [2.05, 4.69) is 9.24 Å². The van der Waals surface area contributed by atoms with E-state index in [9.17, 15) is 4.39 Å². The molecule has 0 amide bonds. The van der Waals surface area contributed by atoms with Gasteiger partial charge in [0.15, 0.2) is 5.41 Å². The lowest BCUT2D eigenvalue weighted by Gasteiger charge is -2.17. The fourth-order valence-corrected chi connectivity index (χ4v) is 1.65. The third-order valence-electron chi connectivity index (χ3n) is 2.23. The lowest BCUT2D eigenvalue weighted by molar-refractivity contribution is 0.0756. The van der Waals surface area contributed by atoms with Crippen molar-refractivity contribution in [3.63, 3.8) is 0 Å². The van der Waals surface area contributed by atoms with Gasteiger partial charge in [-0.2, -0.15) is 0 Å². The van der Waals surface area contributed by atoms with Crippen molar-refractivity contribution in [3.8, 4) is 0 Å². The molecule has 4 heteroatoms. The van der Waals surface area contributed by atoms with Gasteiger partial charge in [0.25, 0.3) is 0 Å². The maximum Gasteiger partial charge on any atom is 0.190 e. The molecule has 15 heavy (non-hydrogen) atoms. The van der Waals surface area contributed by atoms with E-state index in [1.807, 2.05) is 27.7 Å². The predicted molar refractivity (Wildman–Crippen MR) is 62.2 cm³/mol. The van der Waals surface area contributed by atoms with Gasteiger partial charge in [-0.15, -0.1) is 0 Å². The van der Waals surface area contributed by atoms with Gasteiger partial charge in [0.1, 0.15) is 24.7 Å². The third kappa shape index (κ3) is 3.34. The predicted octanol–water partition coefficient (Wildman–Crippen LogP) is 3.10. The summed E-state index contributed by atoms with van der Waals surface area (Å²) in [4.78, 5) is 0. The van der Waals surface area contributed by atoms with E-state index in [1.165, 1.54) is 0 Å². The number of allylic oxidation sites excluding steroid dienone is 2. The van der Waals surface area contributed by atoms with Crippen molar-refractivity contribution < 1.29 is 13.9 Å². The molecule has 0 aromatic carbocycles. The molecule has 1 rings (SSSR count). The molecule has 0 aromatic rings. The summed E-state index contributed by atoms with van der Waals surface area (Å²) in [6, 6.07) is 0. The summed E-state index contributed by atoms with van der Waals surface area (Å²) < 4.78 is 24.7. The molecule has 2 nitrogen and oxygen atoms in total. The Balaban J connectivity index is 2.91. The fraction of sp³-hybridized carbons (Fsp3) is 0.818. The zero-order valence-corrected chi connectivity index (χ0v) is 11.0. The molecule has 1 aliphatic rings. The minimum absolute atomic E-state index is 0.0431. The molecule has 88 valence electrons. The van der Waals surface area contributed by atoms with E-state index in [1.54, 1.807) is 0 Å². The molecule has 0 spiro atoms. The molecule has 1 aliphatic heterocycles. The third-order valence-corrected chi connectivity index (χ3v) is 2.56. The zero-order valence-electron chi connectivity index (χ0n) is 9.84. The molecule has 1 atom stereocenters. The van der Waals surface area contributed by atoms with Crippen LogP contribution in [0.5, 0.6) is 0 Å². The standard InChI is InChI=1S/C11H20FO2P/c1-7(2)9-10(8(3)4)14-6-11(12,15)5-13-9/h7-8H,5-6,15H2,1-4H3. The summed E-state index contributed by atoms with van der Waals surface area (Å²) in [6.45, 7) is 8.18. The van der Waals surface area contributed by atoms with E-state index in [0.29, 0.717) is 0 Å². The van der Waals surface area contributed by atoms with Gasteiger partial charge < -0.3 is 9.47 Å². The molecule has 0 saturated heterocycles. The number of hydrogen-bond acceptors (Lipinski definition) is 2. The van der Waals surface area contributed by atoms with Crippen molar-refractivity contribution in [2.24, 2.45) is 11.8 Å². The highest BCUT2D eigenvalue weighted by Crippen LogP contribution is 2.32. The fourth-order valence-electron chi connectivity index (χ4n) is 1.48. The lowest BCUT2D eigenvalue weighted by atomic mass is 10.1. The molecule has 1 heterocycles. The summed E-state index contributed by atoms with van der Waals surface area (Å²) in [6.07, 6.45) is 0. The van der Waals surface area contributed by atoms with Crippen molar-refractivity contribution in [3.05, 3.63) is 11.5 Å². The Labute approximate surface area is 93.4 Å². The molecule has 0 bridgehead atoms. The van der Waals surface area contributed by atoms with Gasteiger partial charge in [0.2, 0.25) is 0 Å². The maximum absolute atomic E-state index is 13.7. The summed E-state index contributed by atoms with van der Waals surface area (Å²) in [5, 5.41) is -1.48. The number of alkyl halides is 1. The molecular weight excluding hydrogens is 214 g/mol. The van der Waals surface area contributed by atoms with Crippen LogP contribution in [0.25, 0.3) is 0 Å². The Morgan fingerprint density at radius 2 is 1.40 bits per heavy atom. The van der Waals surface area contributed by atoms with Crippen LogP contribution in [0.2, 0.25) is 0 Å². The normalized spacial score (nSPS) is 21.3. The number of halogens is 1. The average molecular weight is 234 g/mol. The monoisotopic (exact) mass is 234 g/mol. The summed E-state index contributed by atoms with van der Waals surface area (Å²) in [5.41, 5.74) is 0. The van der Waals surface area contributed by atoms with Crippen LogP contribution in [0.4, 0.5) is 4.39 Å². The summed E-state index contributed by atoms with van der Waals surface area (Å²) in [7, 11) is 2.15. The Morgan fingerprint density at radius 1 is 1.07 bits per heavy atom. The van der Waals surface area contributed by atoms with Crippen LogP contribution < -0.4 is 0 Å². The van der Waals surface area contributed by atoms with Crippen molar-refractivity contribution >= 4 is 9.24 Å². The first-order valence-electron chi connectivity index (χ1n) is 5.31. The van der Waals surface area contributed by atoms with Crippen LogP contribution in [0.1, 0.15) is 27.7 Å². The van der Waals surface area contributed by atoms with Gasteiger partial charge in [-0.25, -0.2) is 4.39 Å². The number of ether oxygens (including phenoxy) is 2. The van der Waals surface area contributed by atoms with E-state index < -0.39 is 5.41 Å². The Hall–Kier alpha value is -0.300. The zero-order chi connectivity index (χ0) is 11.6. The van der Waals surface area contributed by atoms with Crippen molar-refractivity contribution in [2.45, 2.75) is 33.1 Å². The summed E-state index contributed by atoms with van der Waals surface area (Å²) >= 11 is 0. The maximum atomic E-state index is 13.7. The highest BCUT2D eigenvalue weighted by molar-refractivity contribution is 7.18. The molecular formula is C11H20FO2P. The first-order valence-corrected chi connectivity index (χ1v) is 5.88. The molecule has 0 radical (unpaired) electrons. The van der Waals surface area contributed by atoms with Crippen LogP contribution >= 0.6 is 9.24 Å². The summed E-state index contributed by atoms with van der Waals surface area (Å²) in [5.74, 6) is 2.02. The molecule has 0 saturated carbocycles. The molecule has 0 fully saturated rings. The Morgan fingerprint density at radius 3 is 1.67 bits per heavy atom. The molecule has 0 aliphatic carbocycles. The highest BCUT2D eigenvalue weighted by Gasteiger charge is 2.32. The van der Waals surface area contributed by atoms with Gasteiger partial charge in [0.05, 0.1) is 0 Å². The van der Waals surface area contributed by atoms with E-state index in [0.717, 1.165) is 11.5 Å². The number of hydrogen-bond donors (Lipinski definition) is 0.